The van der Waals surface area contributed by atoms with Crippen LogP contribution in [0.15, 0.2) is 30.3 Å². The van der Waals surface area contributed by atoms with Crippen LogP contribution in [0.1, 0.15) is 50.5 Å². The van der Waals surface area contributed by atoms with Crippen LogP contribution >= 0.6 is 0 Å². The molecule has 1 aliphatic rings. The Morgan fingerprint density at radius 2 is 1.78 bits per heavy atom. The van der Waals surface area contributed by atoms with Crippen LogP contribution in [0.5, 0.6) is 0 Å². The highest BCUT2D eigenvalue weighted by atomic mass is 16.3. The molecule has 2 atom stereocenters. The minimum absolute atomic E-state index is 0.0175. The van der Waals surface area contributed by atoms with Gasteiger partial charge in [-0.05, 0) is 18.4 Å². The molecule has 18 heavy (non-hydrogen) atoms. The number of benzene rings is 1. The van der Waals surface area contributed by atoms with Crippen molar-refractivity contribution in [2.75, 3.05) is 0 Å². The highest BCUT2D eigenvalue weighted by Crippen LogP contribution is 2.43. The van der Waals surface area contributed by atoms with E-state index in [4.69, 9.17) is 0 Å². The molecular formula is C16H21NO. The molecule has 0 radical (unpaired) electrons. The fourth-order valence-electron chi connectivity index (χ4n) is 3.07. The second kappa shape index (κ2) is 5.54. The van der Waals surface area contributed by atoms with Crippen molar-refractivity contribution in [1.29, 1.82) is 5.26 Å². The average molecular weight is 243 g/mol. The van der Waals surface area contributed by atoms with E-state index in [-0.39, 0.29) is 5.92 Å². The lowest BCUT2D eigenvalue weighted by Crippen LogP contribution is -2.39. The molecule has 0 heterocycles. The summed E-state index contributed by atoms with van der Waals surface area (Å²) in [7, 11) is 0. The topological polar surface area (TPSA) is 44.0 Å². The molecule has 0 bridgehead atoms. The van der Waals surface area contributed by atoms with Gasteiger partial charge in [-0.3, -0.25) is 0 Å². The molecule has 1 aromatic carbocycles. The lowest BCUT2D eigenvalue weighted by molar-refractivity contribution is 0.0202. The molecule has 0 amide bonds. The molecule has 1 fully saturated rings. The largest absolute Gasteiger partial charge is 0.391 e. The molecule has 2 unspecified atom stereocenters. The molecule has 0 saturated heterocycles. The van der Waals surface area contributed by atoms with Gasteiger partial charge in [0.2, 0.25) is 0 Å². The molecular weight excluding hydrogens is 222 g/mol. The van der Waals surface area contributed by atoms with Crippen LogP contribution < -0.4 is 0 Å². The van der Waals surface area contributed by atoms with Gasteiger partial charge >= 0.3 is 0 Å². The number of nitriles is 1. The van der Waals surface area contributed by atoms with E-state index in [2.05, 4.69) is 6.07 Å². The summed E-state index contributed by atoms with van der Waals surface area (Å²) in [4.78, 5) is 0. The zero-order chi connectivity index (χ0) is 13.0. The highest BCUT2D eigenvalue weighted by molar-refractivity contribution is 5.22. The van der Waals surface area contributed by atoms with Crippen LogP contribution in [-0.2, 0) is 0 Å². The predicted molar refractivity (Wildman–Crippen MR) is 72.0 cm³/mol. The molecule has 1 N–H and O–H groups in total. The number of aliphatic hydroxyl groups excluding tert-OH is 1. The van der Waals surface area contributed by atoms with Crippen LogP contribution in [0.4, 0.5) is 0 Å². The Kier molecular flexibility index (Phi) is 4.04. The smallest absolute Gasteiger partial charge is 0.0838 e. The van der Waals surface area contributed by atoms with E-state index in [1.165, 1.54) is 6.42 Å². The van der Waals surface area contributed by atoms with Gasteiger partial charge in [0.25, 0.3) is 0 Å². The van der Waals surface area contributed by atoms with E-state index in [9.17, 15) is 10.4 Å². The van der Waals surface area contributed by atoms with Gasteiger partial charge in [0, 0.05) is 5.92 Å². The molecule has 0 aromatic heterocycles. The summed E-state index contributed by atoms with van der Waals surface area (Å²) >= 11 is 0. The number of hydrogen-bond donors (Lipinski definition) is 1. The molecule has 2 nitrogen and oxygen atoms in total. The molecule has 1 aromatic rings. The van der Waals surface area contributed by atoms with E-state index in [1.807, 2.05) is 37.3 Å². The summed E-state index contributed by atoms with van der Waals surface area (Å²) in [6.07, 6.45) is 4.42. The third kappa shape index (κ3) is 2.42. The quantitative estimate of drug-likeness (QED) is 0.881. The molecule has 2 rings (SSSR count). The van der Waals surface area contributed by atoms with E-state index in [1.54, 1.807) is 0 Å². The Balaban J connectivity index is 2.19. The fourth-order valence-corrected chi connectivity index (χ4v) is 3.07. The van der Waals surface area contributed by atoms with Gasteiger partial charge in [0.05, 0.1) is 17.6 Å². The molecule has 0 spiro atoms. The first-order valence-corrected chi connectivity index (χ1v) is 6.84. The van der Waals surface area contributed by atoms with E-state index < -0.39 is 11.5 Å². The zero-order valence-corrected chi connectivity index (χ0v) is 11.0. The van der Waals surface area contributed by atoms with Gasteiger partial charge in [-0.15, -0.1) is 0 Å². The predicted octanol–water partition coefficient (Wildman–Crippen LogP) is 3.63. The Hall–Kier alpha value is -1.33. The third-order valence-corrected chi connectivity index (χ3v) is 4.33. The van der Waals surface area contributed by atoms with E-state index in [0.717, 1.165) is 31.2 Å². The molecule has 2 heteroatoms. The number of rotatable bonds is 3. The van der Waals surface area contributed by atoms with Gasteiger partial charge in [-0.2, -0.15) is 5.26 Å². The van der Waals surface area contributed by atoms with Crippen LogP contribution in [0.2, 0.25) is 0 Å². The average Bonchev–Trinajstić information content (AvgIpc) is 2.47. The fraction of sp³-hybridized carbons (Fsp3) is 0.562. The van der Waals surface area contributed by atoms with E-state index in [0.29, 0.717) is 0 Å². The first-order chi connectivity index (χ1) is 8.69. The lowest BCUT2D eigenvalue weighted by Gasteiger charge is -2.38. The van der Waals surface area contributed by atoms with Crippen molar-refractivity contribution in [2.45, 2.75) is 51.0 Å². The normalized spacial score (nSPS) is 21.8. The van der Waals surface area contributed by atoms with Gasteiger partial charge in [-0.1, -0.05) is 56.5 Å². The van der Waals surface area contributed by atoms with Crippen molar-refractivity contribution in [3.8, 4) is 6.07 Å². The lowest BCUT2D eigenvalue weighted by atomic mass is 9.67. The first-order valence-electron chi connectivity index (χ1n) is 6.84. The first kappa shape index (κ1) is 13.1. The summed E-state index contributed by atoms with van der Waals surface area (Å²) in [6, 6.07) is 12.4. The number of aliphatic hydroxyl groups is 1. The van der Waals surface area contributed by atoms with Crippen LogP contribution in [0, 0.1) is 16.7 Å². The van der Waals surface area contributed by atoms with Gasteiger partial charge in [0.15, 0.2) is 0 Å². The number of hydrogen-bond acceptors (Lipinski definition) is 2. The zero-order valence-electron chi connectivity index (χ0n) is 11.0. The maximum Gasteiger partial charge on any atom is 0.0838 e. The van der Waals surface area contributed by atoms with Crippen molar-refractivity contribution in [2.24, 2.45) is 5.41 Å². The summed E-state index contributed by atoms with van der Waals surface area (Å²) in [5.41, 5.74) is 0.582. The minimum Gasteiger partial charge on any atom is -0.391 e. The van der Waals surface area contributed by atoms with Crippen molar-refractivity contribution in [3.05, 3.63) is 35.9 Å². The third-order valence-electron chi connectivity index (χ3n) is 4.33. The van der Waals surface area contributed by atoms with Gasteiger partial charge in [0.1, 0.15) is 0 Å². The maximum absolute atomic E-state index is 10.6. The summed E-state index contributed by atoms with van der Waals surface area (Å²) < 4.78 is 0. The Morgan fingerprint density at radius 1 is 1.17 bits per heavy atom. The van der Waals surface area contributed by atoms with Crippen LogP contribution in [0.25, 0.3) is 0 Å². The summed E-state index contributed by atoms with van der Waals surface area (Å²) in [5, 5.41) is 20.1. The second-order valence-corrected chi connectivity index (χ2v) is 5.47. The monoisotopic (exact) mass is 243 g/mol. The van der Waals surface area contributed by atoms with Crippen molar-refractivity contribution in [3.63, 3.8) is 0 Å². The van der Waals surface area contributed by atoms with Crippen LogP contribution in [0.3, 0.4) is 0 Å². The summed E-state index contributed by atoms with van der Waals surface area (Å²) in [5.74, 6) is 0.0175. The Labute approximate surface area is 109 Å². The summed E-state index contributed by atoms with van der Waals surface area (Å²) in [6.45, 7) is 2.02. The molecule has 1 saturated carbocycles. The van der Waals surface area contributed by atoms with Crippen molar-refractivity contribution >= 4 is 0 Å². The minimum atomic E-state index is -0.565. The van der Waals surface area contributed by atoms with Gasteiger partial charge < -0.3 is 5.11 Å². The SMILES string of the molecule is CC(c1ccccc1)C(O)C1(C#N)CCCCC1. The standard InChI is InChI=1S/C16H21NO/c1-13(14-8-4-2-5-9-14)15(18)16(12-17)10-6-3-7-11-16/h2,4-5,8-9,13,15,18H,3,6-7,10-11H2,1H3. The number of nitrogens with zero attached hydrogens (tertiary/aromatic N) is 1. The van der Waals surface area contributed by atoms with Gasteiger partial charge in [-0.25, -0.2) is 0 Å². The van der Waals surface area contributed by atoms with Crippen molar-refractivity contribution < 1.29 is 5.11 Å². The highest BCUT2D eigenvalue weighted by Gasteiger charge is 2.42. The maximum atomic E-state index is 10.6. The molecule has 0 aliphatic heterocycles. The second-order valence-electron chi connectivity index (χ2n) is 5.47. The van der Waals surface area contributed by atoms with Crippen molar-refractivity contribution in [1.82, 2.24) is 0 Å². The molecule has 1 aliphatic carbocycles. The molecule has 96 valence electrons. The Bertz CT molecular complexity index is 414. The van der Waals surface area contributed by atoms with E-state index >= 15 is 0 Å². The van der Waals surface area contributed by atoms with Crippen LogP contribution in [-0.4, -0.2) is 11.2 Å². The Morgan fingerprint density at radius 3 is 2.33 bits per heavy atom.